The summed E-state index contributed by atoms with van der Waals surface area (Å²) in [7, 11) is 0. The summed E-state index contributed by atoms with van der Waals surface area (Å²) in [6, 6.07) is 0. The van der Waals surface area contributed by atoms with Crippen molar-refractivity contribution in [2.45, 2.75) is 46.1 Å². The molecule has 1 fully saturated rings. The molecule has 0 aromatic carbocycles. The number of hydrogen-bond acceptors (Lipinski definition) is 4. The van der Waals surface area contributed by atoms with E-state index in [-0.39, 0.29) is 17.5 Å². The van der Waals surface area contributed by atoms with E-state index in [1.165, 1.54) is 16.7 Å². The van der Waals surface area contributed by atoms with E-state index >= 15 is 0 Å². The fourth-order valence-electron chi connectivity index (χ4n) is 2.85. The van der Waals surface area contributed by atoms with E-state index in [4.69, 9.17) is 5.11 Å². The highest BCUT2D eigenvalue weighted by Crippen LogP contribution is 2.33. The van der Waals surface area contributed by atoms with E-state index in [1.54, 1.807) is 0 Å². The minimum absolute atomic E-state index is 0.0432. The largest absolute Gasteiger partial charge is 0.476 e. The number of aromatic carboxylic acids is 1. The highest BCUT2D eigenvalue weighted by molar-refractivity contribution is 7.09. The van der Waals surface area contributed by atoms with E-state index in [0.29, 0.717) is 17.5 Å². The number of carboxylic acids is 1. The van der Waals surface area contributed by atoms with Crippen molar-refractivity contribution >= 4 is 23.2 Å². The van der Waals surface area contributed by atoms with Crippen LogP contribution in [0, 0.1) is 17.8 Å². The van der Waals surface area contributed by atoms with Gasteiger partial charge in [0.25, 0.3) is 0 Å². The number of aromatic nitrogens is 1. The lowest BCUT2D eigenvalue weighted by atomic mass is 9.77. The van der Waals surface area contributed by atoms with Crippen molar-refractivity contribution in [2.75, 3.05) is 0 Å². The lowest BCUT2D eigenvalue weighted by Gasteiger charge is -2.30. The van der Waals surface area contributed by atoms with Gasteiger partial charge in [0, 0.05) is 11.3 Å². The van der Waals surface area contributed by atoms with Gasteiger partial charge in [-0.3, -0.25) is 4.79 Å². The summed E-state index contributed by atoms with van der Waals surface area (Å²) in [4.78, 5) is 26.8. The van der Waals surface area contributed by atoms with Gasteiger partial charge in [-0.2, -0.15) is 0 Å². The van der Waals surface area contributed by atoms with Crippen LogP contribution in [0.15, 0.2) is 5.38 Å². The molecule has 1 saturated carbocycles. The van der Waals surface area contributed by atoms with Crippen LogP contribution >= 0.6 is 11.3 Å². The van der Waals surface area contributed by atoms with E-state index < -0.39 is 5.97 Å². The molecular formula is C15H22N2O3S. The summed E-state index contributed by atoms with van der Waals surface area (Å²) in [6.07, 6.45) is 4.15. The molecule has 0 unspecified atom stereocenters. The number of amides is 1. The zero-order valence-corrected chi connectivity index (χ0v) is 13.3. The summed E-state index contributed by atoms with van der Waals surface area (Å²) in [6.45, 7) is 4.81. The van der Waals surface area contributed by atoms with Gasteiger partial charge in [-0.15, -0.1) is 11.3 Å². The number of carbonyl (C=O) groups excluding carboxylic acids is 1. The molecule has 116 valence electrons. The Labute approximate surface area is 128 Å². The van der Waals surface area contributed by atoms with Gasteiger partial charge in [0.05, 0.1) is 6.54 Å². The Balaban J connectivity index is 1.78. The van der Waals surface area contributed by atoms with E-state index in [9.17, 15) is 9.59 Å². The van der Waals surface area contributed by atoms with Crippen molar-refractivity contribution in [1.82, 2.24) is 10.3 Å². The zero-order valence-electron chi connectivity index (χ0n) is 12.5. The van der Waals surface area contributed by atoms with E-state index in [2.05, 4.69) is 24.1 Å². The quantitative estimate of drug-likeness (QED) is 0.876. The summed E-state index contributed by atoms with van der Waals surface area (Å²) in [5.74, 6) is 0.573. The first-order chi connectivity index (χ1) is 9.97. The molecule has 0 bridgehead atoms. The molecular weight excluding hydrogens is 288 g/mol. The van der Waals surface area contributed by atoms with Crippen molar-refractivity contribution in [3.63, 3.8) is 0 Å². The van der Waals surface area contributed by atoms with Crippen LogP contribution in [0.2, 0.25) is 0 Å². The van der Waals surface area contributed by atoms with Crippen molar-refractivity contribution in [2.24, 2.45) is 17.8 Å². The van der Waals surface area contributed by atoms with Crippen LogP contribution in [0.4, 0.5) is 0 Å². The van der Waals surface area contributed by atoms with Gasteiger partial charge in [-0.1, -0.05) is 13.8 Å². The second kappa shape index (κ2) is 7.02. The topological polar surface area (TPSA) is 79.3 Å². The number of thiazole rings is 1. The molecule has 1 aliphatic carbocycles. The maximum Gasteiger partial charge on any atom is 0.355 e. The SMILES string of the molecule is CC(C)C1CCC(C(=O)NCc2nc(C(=O)O)cs2)CC1. The number of carboxylic acid groups (broad SMARTS) is 1. The Bertz CT molecular complexity index is 505. The normalized spacial score (nSPS) is 22.2. The molecule has 0 radical (unpaired) electrons. The Morgan fingerprint density at radius 1 is 1.38 bits per heavy atom. The fraction of sp³-hybridized carbons (Fsp3) is 0.667. The van der Waals surface area contributed by atoms with Gasteiger partial charge >= 0.3 is 5.97 Å². The molecule has 1 aromatic heterocycles. The molecule has 0 spiro atoms. The monoisotopic (exact) mass is 310 g/mol. The Kier molecular flexibility index (Phi) is 5.33. The fourth-order valence-corrected chi connectivity index (χ4v) is 3.55. The third-order valence-electron chi connectivity index (χ3n) is 4.27. The lowest BCUT2D eigenvalue weighted by Crippen LogP contribution is -2.33. The van der Waals surface area contributed by atoms with E-state index in [0.717, 1.165) is 31.6 Å². The summed E-state index contributed by atoms with van der Waals surface area (Å²) < 4.78 is 0. The third-order valence-corrected chi connectivity index (χ3v) is 5.12. The molecule has 5 nitrogen and oxygen atoms in total. The first kappa shape index (κ1) is 15.9. The molecule has 2 N–H and O–H groups in total. The van der Waals surface area contributed by atoms with Gasteiger partial charge < -0.3 is 10.4 Å². The summed E-state index contributed by atoms with van der Waals surface area (Å²) in [5, 5.41) is 13.8. The Morgan fingerprint density at radius 3 is 2.57 bits per heavy atom. The van der Waals surface area contributed by atoms with Gasteiger partial charge in [0.1, 0.15) is 5.01 Å². The molecule has 6 heteroatoms. The van der Waals surface area contributed by atoms with Crippen LogP contribution in [0.25, 0.3) is 0 Å². The van der Waals surface area contributed by atoms with E-state index in [1.807, 2.05) is 0 Å². The van der Waals surface area contributed by atoms with Crippen LogP contribution < -0.4 is 5.32 Å². The van der Waals surface area contributed by atoms with Gasteiger partial charge in [0.2, 0.25) is 5.91 Å². The molecule has 2 rings (SSSR count). The predicted octanol–water partition coefficient (Wildman–Crippen LogP) is 2.92. The number of rotatable bonds is 5. The third kappa shape index (κ3) is 4.27. The molecule has 0 aliphatic heterocycles. The first-order valence-electron chi connectivity index (χ1n) is 7.42. The average Bonchev–Trinajstić information content (AvgIpc) is 2.94. The molecule has 0 saturated heterocycles. The Morgan fingerprint density at radius 2 is 2.05 bits per heavy atom. The molecule has 1 heterocycles. The number of nitrogens with zero attached hydrogens (tertiary/aromatic N) is 1. The smallest absolute Gasteiger partial charge is 0.355 e. The minimum atomic E-state index is -1.03. The van der Waals surface area contributed by atoms with Crippen LogP contribution in [0.5, 0.6) is 0 Å². The highest BCUT2D eigenvalue weighted by atomic mass is 32.1. The van der Waals surface area contributed by atoms with Gasteiger partial charge in [0.15, 0.2) is 5.69 Å². The lowest BCUT2D eigenvalue weighted by molar-refractivity contribution is -0.126. The second-order valence-electron chi connectivity index (χ2n) is 6.01. The second-order valence-corrected chi connectivity index (χ2v) is 6.95. The molecule has 1 aromatic rings. The number of carbonyl (C=O) groups is 2. The molecule has 1 aliphatic rings. The number of hydrogen-bond donors (Lipinski definition) is 2. The molecule has 21 heavy (non-hydrogen) atoms. The van der Waals surface area contributed by atoms with Crippen molar-refractivity contribution in [3.8, 4) is 0 Å². The van der Waals surface area contributed by atoms with Gasteiger partial charge in [-0.25, -0.2) is 9.78 Å². The highest BCUT2D eigenvalue weighted by Gasteiger charge is 2.27. The predicted molar refractivity (Wildman–Crippen MR) is 81.2 cm³/mol. The summed E-state index contributed by atoms with van der Waals surface area (Å²) >= 11 is 1.26. The summed E-state index contributed by atoms with van der Waals surface area (Å²) in [5.41, 5.74) is 0.0432. The van der Waals surface area contributed by atoms with Crippen LogP contribution in [0.1, 0.15) is 55.0 Å². The Hall–Kier alpha value is -1.43. The minimum Gasteiger partial charge on any atom is -0.476 e. The van der Waals surface area contributed by atoms with Gasteiger partial charge in [-0.05, 0) is 37.5 Å². The van der Waals surface area contributed by atoms with Crippen molar-refractivity contribution in [1.29, 1.82) is 0 Å². The zero-order chi connectivity index (χ0) is 15.4. The average molecular weight is 310 g/mol. The van der Waals surface area contributed by atoms with Crippen LogP contribution in [0.3, 0.4) is 0 Å². The van der Waals surface area contributed by atoms with Crippen molar-refractivity contribution in [3.05, 3.63) is 16.1 Å². The first-order valence-corrected chi connectivity index (χ1v) is 8.30. The standard InChI is InChI=1S/C15H22N2O3S/c1-9(2)10-3-5-11(6-4-10)14(18)16-7-13-17-12(8-21-13)15(19)20/h8-11H,3-7H2,1-2H3,(H,16,18)(H,19,20). The van der Waals surface area contributed by atoms with Crippen LogP contribution in [-0.2, 0) is 11.3 Å². The maximum absolute atomic E-state index is 12.1. The van der Waals surface area contributed by atoms with Crippen LogP contribution in [-0.4, -0.2) is 22.0 Å². The maximum atomic E-state index is 12.1. The molecule has 1 amide bonds. The van der Waals surface area contributed by atoms with Crippen molar-refractivity contribution < 1.29 is 14.7 Å². The number of nitrogens with one attached hydrogen (secondary N) is 1. The molecule has 0 atom stereocenters.